The van der Waals surface area contributed by atoms with E-state index in [9.17, 15) is 4.79 Å². The van der Waals surface area contributed by atoms with Crippen LogP contribution in [0.5, 0.6) is 0 Å². The summed E-state index contributed by atoms with van der Waals surface area (Å²) in [6, 6.07) is 7.91. The van der Waals surface area contributed by atoms with Crippen molar-refractivity contribution in [1.82, 2.24) is 39.7 Å². The van der Waals surface area contributed by atoms with Gasteiger partial charge < -0.3 is 10.3 Å². The van der Waals surface area contributed by atoms with Gasteiger partial charge in [0.2, 0.25) is 5.91 Å². The van der Waals surface area contributed by atoms with Gasteiger partial charge in [0.15, 0.2) is 5.65 Å². The van der Waals surface area contributed by atoms with Crippen LogP contribution in [0.1, 0.15) is 25.5 Å². The zero-order chi connectivity index (χ0) is 24.6. The van der Waals surface area contributed by atoms with E-state index in [1.807, 2.05) is 48.9 Å². The predicted octanol–water partition coefficient (Wildman–Crippen LogP) is 4.80. The number of hydrogen-bond donors (Lipinski definition) is 3. The second-order valence-electron chi connectivity index (χ2n) is 8.65. The first-order valence-electron chi connectivity index (χ1n) is 11.7. The molecule has 1 amide bonds. The van der Waals surface area contributed by atoms with Crippen molar-refractivity contribution in [3.05, 3.63) is 67.3 Å². The van der Waals surface area contributed by atoms with Gasteiger partial charge in [0.1, 0.15) is 17.8 Å². The molecule has 0 aliphatic carbocycles. The monoisotopic (exact) mass is 477 g/mol. The van der Waals surface area contributed by atoms with E-state index in [1.54, 1.807) is 31.1 Å². The van der Waals surface area contributed by atoms with Gasteiger partial charge in [-0.15, -0.1) is 0 Å². The molecule has 0 aliphatic heterocycles. The predicted molar refractivity (Wildman–Crippen MR) is 138 cm³/mol. The molecular formula is C26H23N9O. The maximum Gasteiger partial charge on any atom is 0.224 e. The zero-order valence-corrected chi connectivity index (χ0v) is 19.8. The largest absolute Gasteiger partial charge is 0.353 e. The fourth-order valence-corrected chi connectivity index (χ4v) is 4.29. The molecule has 36 heavy (non-hydrogen) atoms. The molecule has 0 radical (unpaired) electrons. The van der Waals surface area contributed by atoms with E-state index >= 15 is 0 Å². The lowest BCUT2D eigenvalue weighted by Gasteiger charge is -2.07. The van der Waals surface area contributed by atoms with Crippen LogP contribution in [-0.4, -0.2) is 45.6 Å². The van der Waals surface area contributed by atoms with Crippen LogP contribution in [0, 0.1) is 6.92 Å². The number of anilines is 1. The molecule has 0 spiro atoms. The molecule has 6 aromatic rings. The summed E-state index contributed by atoms with van der Waals surface area (Å²) < 4.78 is 1.91. The summed E-state index contributed by atoms with van der Waals surface area (Å²) in [5.74, 6) is 0.767. The summed E-state index contributed by atoms with van der Waals surface area (Å²) in [7, 11) is 0. The Kier molecular flexibility index (Phi) is 5.25. The highest BCUT2D eigenvalue weighted by Crippen LogP contribution is 2.32. The molecule has 6 heterocycles. The van der Waals surface area contributed by atoms with E-state index in [0.717, 1.165) is 56.7 Å². The van der Waals surface area contributed by atoms with Crippen LogP contribution in [0.25, 0.3) is 50.3 Å². The van der Waals surface area contributed by atoms with Gasteiger partial charge in [0.25, 0.3) is 0 Å². The Morgan fingerprint density at radius 2 is 1.94 bits per heavy atom. The van der Waals surface area contributed by atoms with Crippen LogP contribution < -0.4 is 5.32 Å². The van der Waals surface area contributed by atoms with Crippen molar-refractivity contribution in [2.24, 2.45) is 0 Å². The quantitative estimate of drug-likeness (QED) is 0.316. The summed E-state index contributed by atoms with van der Waals surface area (Å²) in [6.07, 6.45) is 11.9. The van der Waals surface area contributed by atoms with Crippen LogP contribution in [0.2, 0.25) is 0 Å². The lowest BCUT2D eigenvalue weighted by atomic mass is 10.1. The Hall–Kier alpha value is -4.86. The molecular weight excluding hydrogens is 454 g/mol. The van der Waals surface area contributed by atoms with Gasteiger partial charge in [-0.05, 0) is 37.6 Å². The van der Waals surface area contributed by atoms with E-state index < -0.39 is 0 Å². The minimum Gasteiger partial charge on any atom is -0.353 e. The van der Waals surface area contributed by atoms with E-state index in [1.165, 1.54) is 0 Å². The molecule has 10 heteroatoms. The molecule has 0 saturated carbocycles. The van der Waals surface area contributed by atoms with E-state index in [-0.39, 0.29) is 5.91 Å². The molecule has 0 atom stereocenters. The minimum absolute atomic E-state index is 0.0272. The number of amides is 1. The number of carbonyl (C=O) groups is 1. The molecule has 0 bridgehead atoms. The Morgan fingerprint density at radius 3 is 2.78 bits per heavy atom. The first kappa shape index (κ1) is 21.7. The number of carbonyl (C=O) groups excluding carboxylic acids is 1. The fourth-order valence-electron chi connectivity index (χ4n) is 4.29. The number of pyridine rings is 3. The summed E-state index contributed by atoms with van der Waals surface area (Å²) in [5, 5.41) is 12.3. The van der Waals surface area contributed by atoms with Crippen LogP contribution in [0.3, 0.4) is 0 Å². The molecule has 178 valence electrons. The Bertz CT molecular complexity index is 1730. The number of imidazole rings is 1. The van der Waals surface area contributed by atoms with Gasteiger partial charge in [0, 0.05) is 53.1 Å². The first-order chi connectivity index (χ1) is 17.6. The highest BCUT2D eigenvalue weighted by Gasteiger charge is 2.16. The smallest absolute Gasteiger partial charge is 0.224 e. The summed E-state index contributed by atoms with van der Waals surface area (Å²) >= 11 is 0. The molecule has 10 nitrogen and oxygen atoms in total. The van der Waals surface area contributed by atoms with Gasteiger partial charge in [-0.1, -0.05) is 6.92 Å². The van der Waals surface area contributed by atoms with E-state index in [4.69, 9.17) is 0 Å². The minimum atomic E-state index is -0.0272. The third kappa shape index (κ3) is 3.88. The molecule has 0 aliphatic rings. The number of hydrogen-bond acceptors (Lipinski definition) is 6. The second-order valence-corrected chi connectivity index (χ2v) is 8.65. The molecule has 6 aromatic heterocycles. The summed E-state index contributed by atoms with van der Waals surface area (Å²) in [5.41, 5.74) is 6.52. The third-order valence-electron chi connectivity index (χ3n) is 5.99. The number of nitrogens with one attached hydrogen (secondary N) is 3. The average Bonchev–Trinajstić information content (AvgIpc) is 3.61. The molecule has 0 saturated heterocycles. The van der Waals surface area contributed by atoms with E-state index in [2.05, 4.69) is 40.4 Å². The van der Waals surface area contributed by atoms with Gasteiger partial charge in [0.05, 0.1) is 28.8 Å². The number of rotatable bonds is 6. The number of nitrogens with zero attached hydrogens (tertiary/aromatic N) is 6. The van der Waals surface area contributed by atoms with Crippen molar-refractivity contribution in [3.63, 3.8) is 0 Å². The number of aromatic nitrogens is 8. The van der Waals surface area contributed by atoms with Crippen molar-refractivity contribution in [1.29, 1.82) is 0 Å². The average molecular weight is 478 g/mol. The molecule has 3 N–H and O–H groups in total. The SMILES string of the molecule is CCCC(=O)Nc1cncc(-c2cnc3[nH]nc(-c4cc5c(-n6cnc(C)c6)nccc5[nH]4)c3c2)c1. The fraction of sp³-hybridized carbons (Fsp3) is 0.154. The maximum atomic E-state index is 12.0. The van der Waals surface area contributed by atoms with Crippen molar-refractivity contribution < 1.29 is 4.79 Å². The Morgan fingerprint density at radius 1 is 1.06 bits per heavy atom. The third-order valence-corrected chi connectivity index (χ3v) is 5.99. The van der Waals surface area contributed by atoms with Gasteiger partial charge in [-0.2, -0.15) is 5.10 Å². The van der Waals surface area contributed by atoms with Crippen molar-refractivity contribution >= 4 is 33.5 Å². The Balaban J connectivity index is 1.40. The Labute approximate surface area is 205 Å². The van der Waals surface area contributed by atoms with Crippen LogP contribution in [0.15, 0.2) is 61.6 Å². The highest BCUT2D eigenvalue weighted by molar-refractivity contribution is 5.98. The molecule has 0 aromatic carbocycles. The number of H-pyrrole nitrogens is 2. The summed E-state index contributed by atoms with van der Waals surface area (Å²) in [4.78, 5) is 33.3. The van der Waals surface area contributed by atoms with Gasteiger partial charge >= 0.3 is 0 Å². The lowest BCUT2D eigenvalue weighted by Crippen LogP contribution is -2.10. The first-order valence-corrected chi connectivity index (χ1v) is 11.7. The number of fused-ring (bicyclic) bond motifs is 2. The standard InChI is InChI=1S/C26H23N9O/c1-3-4-23(36)31-18-7-16(10-27-12-18)17-8-20-24(33-34-25(20)29-11-17)22-9-19-21(32-22)5-6-28-26(19)35-13-15(2)30-14-35/h5-14,32H,3-4H2,1-2H3,(H,31,36)(H,29,33,34). The lowest BCUT2D eigenvalue weighted by molar-refractivity contribution is -0.116. The number of aromatic amines is 2. The topological polar surface area (TPSA) is 130 Å². The van der Waals surface area contributed by atoms with Crippen LogP contribution >= 0.6 is 0 Å². The second kappa shape index (κ2) is 8.73. The highest BCUT2D eigenvalue weighted by atomic mass is 16.1. The van der Waals surface area contributed by atoms with Crippen LogP contribution in [0.4, 0.5) is 5.69 Å². The van der Waals surface area contributed by atoms with Crippen LogP contribution in [-0.2, 0) is 4.79 Å². The van der Waals surface area contributed by atoms with Crippen molar-refractivity contribution in [2.75, 3.05) is 5.32 Å². The van der Waals surface area contributed by atoms with Gasteiger partial charge in [-0.3, -0.25) is 19.4 Å². The summed E-state index contributed by atoms with van der Waals surface area (Å²) in [6.45, 7) is 3.92. The molecule has 0 fully saturated rings. The van der Waals surface area contributed by atoms with Crippen molar-refractivity contribution in [2.45, 2.75) is 26.7 Å². The van der Waals surface area contributed by atoms with Gasteiger partial charge in [-0.25, -0.2) is 15.0 Å². The number of aryl methyl sites for hydroxylation is 1. The zero-order valence-electron chi connectivity index (χ0n) is 19.8. The van der Waals surface area contributed by atoms with E-state index in [0.29, 0.717) is 17.8 Å². The molecule has 6 rings (SSSR count). The normalized spacial score (nSPS) is 11.4. The van der Waals surface area contributed by atoms with Crippen molar-refractivity contribution in [3.8, 4) is 28.3 Å². The molecule has 0 unspecified atom stereocenters. The maximum absolute atomic E-state index is 12.0.